The van der Waals surface area contributed by atoms with Crippen LogP contribution in [0.25, 0.3) is 0 Å². The van der Waals surface area contributed by atoms with E-state index in [9.17, 15) is 4.39 Å². The van der Waals surface area contributed by atoms with Gasteiger partial charge in [-0.05, 0) is 17.7 Å². The average Bonchev–Trinajstić information content (AvgIpc) is 2.34. The zero-order valence-corrected chi connectivity index (χ0v) is 9.49. The number of rotatable bonds is 4. The van der Waals surface area contributed by atoms with Crippen LogP contribution in [0.15, 0.2) is 18.2 Å². The summed E-state index contributed by atoms with van der Waals surface area (Å²) in [6.45, 7) is 1.55. The largest absolute Gasteiger partial charge is 0.487 e. The van der Waals surface area contributed by atoms with Crippen molar-refractivity contribution >= 4 is 0 Å². The van der Waals surface area contributed by atoms with Gasteiger partial charge in [0.25, 0.3) is 0 Å². The lowest BCUT2D eigenvalue weighted by Gasteiger charge is -2.23. The molecule has 0 amide bonds. The van der Waals surface area contributed by atoms with E-state index in [1.165, 1.54) is 6.07 Å². The molecule has 5 heteroatoms. The molecule has 1 saturated heterocycles. The maximum absolute atomic E-state index is 13.7. The van der Waals surface area contributed by atoms with Gasteiger partial charge in [-0.3, -0.25) is 0 Å². The third-order valence-corrected chi connectivity index (χ3v) is 2.74. The molecule has 2 rings (SSSR count). The van der Waals surface area contributed by atoms with Crippen LogP contribution in [0, 0.1) is 5.82 Å². The Morgan fingerprint density at radius 1 is 1.41 bits per heavy atom. The maximum Gasteiger partial charge on any atom is 0.165 e. The molecule has 0 saturated carbocycles. The second-order valence-electron chi connectivity index (χ2n) is 4.03. The Bertz CT molecular complexity index is 367. The molecule has 1 aliphatic rings. The van der Waals surface area contributed by atoms with Crippen molar-refractivity contribution in [3.8, 4) is 5.75 Å². The molecule has 0 aliphatic carbocycles. The Morgan fingerprint density at radius 2 is 2.18 bits per heavy atom. The van der Waals surface area contributed by atoms with E-state index in [4.69, 9.17) is 14.7 Å². The van der Waals surface area contributed by atoms with Crippen molar-refractivity contribution in [2.45, 2.75) is 25.5 Å². The van der Waals surface area contributed by atoms with Crippen molar-refractivity contribution in [1.82, 2.24) is 5.48 Å². The molecule has 1 heterocycles. The summed E-state index contributed by atoms with van der Waals surface area (Å²) in [5.41, 5.74) is 2.66. The Kier molecular flexibility index (Phi) is 4.30. The first-order valence-electron chi connectivity index (χ1n) is 5.69. The molecule has 0 aromatic heterocycles. The van der Waals surface area contributed by atoms with Gasteiger partial charge in [0.05, 0.1) is 13.2 Å². The van der Waals surface area contributed by atoms with E-state index in [1.54, 1.807) is 12.1 Å². The van der Waals surface area contributed by atoms with E-state index in [-0.39, 0.29) is 18.4 Å². The fourth-order valence-corrected chi connectivity index (χ4v) is 1.81. The molecule has 0 atom stereocenters. The normalized spacial score (nSPS) is 17.1. The van der Waals surface area contributed by atoms with Gasteiger partial charge in [0.2, 0.25) is 0 Å². The topological polar surface area (TPSA) is 50.7 Å². The van der Waals surface area contributed by atoms with E-state index in [0.29, 0.717) is 18.8 Å². The van der Waals surface area contributed by atoms with Gasteiger partial charge in [0, 0.05) is 19.4 Å². The third-order valence-electron chi connectivity index (χ3n) is 2.74. The van der Waals surface area contributed by atoms with Gasteiger partial charge in [-0.25, -0.2) is 9.87 Å². The third kappa shape index (κ3) is 3.39. The van der Waals surface area contributed by atoms with Crippen molar-refractivity contribution in [2.75, 3.05) is 13.2 Å². The van der Waals surface area contributed by atoms with Gasteiger partial charge < -0.3 is 14.7 Å². The van der Waals surface area contributed by atoms with Crippen molar-refractivity contribution in [2.24, 2.45) is 0 Å². The summed E-state index contributed by atoms with van der Waals surface area (Å²) in [5, 5.41) is 8.52. The highest BCUT2D eigenvalue weighted by atomic mass is 19.1. The summed E-state index contributed by atoms with van der Waals surface area (Å²) < 4.78 is 24.5. The lowest BCUT2D eigenvalue weighted by atomic mass is 10.1. The molecule has 1 fully saturated rings. The average molecular weight is 241 g/mol. The molecule has 0 spiro atoms. The number of hydrogen-bond donors (Lipinski definition) is 2. The number of benzene rings is 1. The highest BCUT2D eigenvalue weighted by Gasteiger charge is 2.17. The van der Waals surface area contributed by atoms with E-state index in [0.717, 1.165) is 12.8 Å². The number of ether oxygens (including phenoxy) is 2. The molecule has 2 N–H and O–H groups in total. The summed E-state index contributed by atoms with van der Waals surface area (Å²) in [5.74, 6) is -0.136. The Morgan fingerprint density at radius 3 is 2.82 bits per heavy atom. The zero-order chi connectivity index (χ0) is 12.1. The molecule has 1 aliphatic heterocycles. The Labute approximate surface area is 99.3 Å². The molecule has 0 unspecified atom stereocenters. The first kappa shape index (κ1) is 12.3. The second kappa shape index (κ2) is 5.95. The van der Waals surface area contributed by atoms with Gasteiger partial charge in [-0.15, -0.1) is 0 Å². The van der Waals surface area contributed by atoms with Crippen LogP contribution < -0.4 is 10.2 Å². The number of hydrogen-bond acceptors (Lipinski definition) is 4. The first-order chi connectivity index (χ1) is 8.29. The van der Waals surface area contributed by atoms with E-state index < -0.39 is 5.82 Å². The molecule has 4 nitrogen and oxygen atoms in total. The quantitative estimate of drug-likeness (QED) is 0.790. The van der Waals surface area contributed by atoms with Crippen LogP contribution in [0.4, 0.5) is 4.39 Å². The lowest BCUT2D eigenvalue weighted by molar-refractivity contribution is 0.0240. The maximum atomic E-state index is 13.7. The van der Waals surface area contributed by atoms with Crippen LogP contribution in [0.2, 0.25) is 0 Å². The minimum atomic E-state index is -0.399. The summed E-state index contributed by atoms with van der Waals surface area (Å²) in [4.78, 5) is 0. The van der Waals surface area contributed by atoms with Crippen molar-refractivity contribution < 1.29 is 19.1 Å². The predicted molar refractivity (Wildman–Crippen MR) is 59.5 cm³/mol. The molecule has 17 heavy (non-hydrogen) atoms. The van der Waals surface area contributed by atoms with E-state index in [1.807, 2.05) is 5.48 Å². The first-order valence-corrected chi connectivity index (χ1v) is 5.69. The van der Waals surface area contributed by atoms with Crippen LogP contribution in [-0.4, -0.2) is 24.5 Å². The minimum Gasteiger partial charge on any atom is -0.487 e. The van der Waals surface area contributed by atoms with Crippen LogP contribution in [0.5, 0.6) is 5.75 Å². The molecule has 1 aromatic rings. The zero-order valence-electron chi connectivity index (χ0n) is 9.49. The van der Waals surface area contributed by atoms with Crippen LogP contribution in [0.3, 0.4) is 0 Å². The van der Waals surface area contributed by atoms with Gasteiger partial charge in [-0.2, -0.15) is 0 Å². The molecule has 1 aromatic carbocycles. The van der Waals surface area contributed by atoms with Gasteiger partial charge in [-0.1, -0.05) is 6.07 Å². The summed E-state index contributed by atoms with van der Waals surface area (Å²) in [7, 11) is 0. The van der Waals surface area contributed by atoms with Crippen LogP contribution >= 0.6 is 0 Å². The van der Waals surface area contributed by atoms with Gasteiger partial charge in [0.1, 0.15) is 6.10 Å². The molecular weight excluding hydrogens is 225 g/mol. The van der Waals surface area contributed by atoms with Gasteiger partial charge in [0.15, 0.2) is 11.6 Å². The fraction of sp³-hybridized carbons (Fsp3) is 0.500. The van der Waals surface area contributed by atoms with E-state index in [2.05, 4.69) is 0 Å². The van der Waals surface area contributed by atoms with Crippen molar-refractivity contribution in [1.29, 1.82) is 0 Å². The summed E-state index contributed by atoms with van der Waals surface area (Å²) in [6, 6.07) is 4.68. The van der Waals surface area contributed by atoms with Crippen molar-refractivity contribution in [3.05, 3.63) is 29.6 Å². The highest BCUT2D eigenvalue weighted by molar-refractivity contribution is 5.29. The van der Waals surface area contributed by atoms with Crippen LogP contribution in [0.1, 0.15) is 18.4 Å². The summed E-state index contributed by atoms with van der Waals surface area (Å²) >= 11 is 0. The monoisotopic (exact) mass is 241 g/mol. The Balaban J connectivity index is 2.00. The number of hydroxylamine groups is 1. The minimum absolute atomic E-state index is 0.0278. The predicted octanol–water partition coefficient (Wildman–Crippen LogP) is 1.86. The molecular formula is C12H16FNO3. The van der Waals surface area contributed by atoms with Crippen molar-refractivity contribution in [3.63, 3.8) is 0 Å². The fourth-order valence-electron chi connectivity index (χ4n) is 1.81. The smallest absolute Gasteiger partial charge is 0.165 e. The van der Waals surface area contributed by atoms with Crippen LogP contribution in [-0.2, 0) is 11.3 Å². The standard InChI is InChI=1S/C12H16FNO3/c13-11-7-9(8-14-15)1-2-12(11)17-10-3-5-16-6-4-10/h1-2,7,10,14-15H,3-6,8H2. The van der Waals surface area contributed by atoms with Gasteiger partial charge >= 0.3 is 0 Å². The summed E-state index contributed by atoms with van der Waals surface area (Å²) in [6.07, 6.45) is 1.61. The molecule has 0 bridgehead atoms. The molecule has 94 valence electrons. The number of halogens is 1. The number of nitrogens with one attached hydrogen (secondary N) is 1. The Hall–Kier alpha value is -1.17. The SMILES string of the molecule is ONCc1ccc(OC2CCOCC2)c(F)c1. The van der Waals surface area contributed by atoms with E-state index >= 15 is 0 Å². The second-order valence-corrected chi connectivity index (χ2v) is 4.03. The molecule has 0 radical (unpaired) electrons. The lowest BCUT2D eigenvalue weighted by Crippen LogP contribution is -2.26. The highest BCUT2D eigenvalue weighted by Crippen LogP contribution is 2.22.